The highest BCUT2D eigenvalue weighted by atomic mass is 32.2. The number of hydrogen-bond donors (Lipinski definition) is 1. The van der Waals surface area contributed by atoms with Gasteiger partial charge in [0.1, 0.15) is 5.75 Å². The monoisotopic (exact) mass is 432 g/mol. The molecule has 30 heavy (non-hydrogen) atoms. The summed E-state index contributed by atoms with van der Waals surface area (Å²) in [7, 11) is 0. The van der Waals surface area contributed by atoms with Crippen LogP contribution in [0.1, 0.15) is 78.3 Å². The molecule has 1 aromatic heterocycles. The van der Waals surface area contributed by atoms with E-state index in [9.17, 15) is 4.79 Å². The van der Waals surface area contributed by atoms with Gasteiger partial charge in [-0.25, -0.2) is 0 Å². The highest BCUT2D eigenvalue weighted by Crippen LogP contribution is 2.26. The van der Waals surface area contributed by atoms with Crippen molar-refractivity contribution in [2.24, 2.45) is 5.92 Å². The molecule has 2 atom stereocenters. The number of thioether (sulfide) groups is 1. The van der Waals surface area contributed by atoms with E-state index in [1.807, 2.05) is 26.0 Å². The molecule has 2 unspecified atom stereocenters. The van der Waals surface area contributed by atoms with Crippen molar-refractivity contribution in [2.75, 3.05) is 5.75 Å². The van der Waals surface area contributed by atoms with Crippen LogP contribution in [0.5, 0.6) is 5.75 Å². The van der Waals surface area contributed by atoms with Crippen LogP contribution in [0.2, 0.25) is 0 Å². The van der Waals surface area contributed by atoms with Gasteiger partial charge in [0.05, 0.1) is 5.75 Å². The zero-order valence-electron chi connectivity index (χ0n) is 19.3. The summed E-state index contributed by atoms with van der Waals surface area (Å²) in [5.41, 5.74) is 1.28. The van der Waals surface area contributed by atoms with Crippen molar-refractivity contribution in [1.82, 2.24) is 20.1 Å². The molecule has 0 spiro atoms. The molecule has 7 heteroatoms. The van der Waals surface area contributed by atoms with Crippen LogP contribution in [-0.4, -0.2) is 32.5 Å². The third-order valence-electron chi connectivity index (χ3n) is 4.87. The zero-order chi connectivity index (χ0) is 22.3. The minimum absolute atomic E-state index is 0.0181. The van der Waals surface area contributed by atoms with Gasteiger partial charge in [-0.15, -0.1) is 10.2 Å². The second-order valence-corrected chi connectivity index (χ2v) is 9.44. The number of carbonyl (C=O) groups excluding carboxylic acids is 1. The standard InChI is InChI=1S/C23H36N4O2S/c1-8-17(6)24-21(28)14-30-23-26-25-22(27(23)13-15(2)3)18(7)29-20-11-9-19(10-12-20)16(4)5/h9-12,15-18H,8,13-14H2,1-7H3,(H,24,28). The van der Waals surface area contributed by atoms with Crippen LogP contribution in [0.25, 0.3) is 0 Å². The molecule has 0 saturated carbocycles. The first-order valence-electron chi connectivity index (χ1n) is 10.8. The summed E-state index contributed by atoms with van der Waals surface area (Å²) in [4.78, 5) is 12.2. The molecular weight excluding hydrogens is 396 g/mol. The number of nitrogens with one attached hydrogen (secondary N) is 1. The van der Waals surface area contributed by atoms with E-state index in [0.29, 0.717) is 17.6 Å². The Kier molecular flexibility index (Phi) is 9.21. The van der Waals surface area contributed by atoms with Gasteiger partial charge in [0, 0.05) is 12.6 Å². The molecule has 0 aliphatic heterocycles. The Hall–Kier alpha value is -2.02. The number of amides is 1. The lowest BCUT2D eigenvalue weighted by Gasteiger charge is -2.18. The third-order valence-corrected chi connectivity index (χ3v) is 5.84. The lowest BCUT2D eigenvalue weighted by molar-refractivity contribution is -0.119. The van der Waals surface area contributed by atoms with E-state index < -0.39 is 0 Å². The van der Waals surface area contributed by atoms with E-state index in [1.54, 1.807) is 0 Å². The Bertz CT molecular complexity index is 802. The molecule has 0 fully saturated rings. The molecule has 0 aliphatic carbocycles. The van der Waals surface area contributed by atoms with E-state index in [1.165, 1.54) is 17.3 Å². The fraction of sp³-hybridized carbons (Fsp3) is 0.609. The molecule has 1 heterocycles. The smallest absolute Gasteiger partial charge is 0.230 e. The fourth-order valence-corrected chi connectivity index (χ4v) is 3.75. The van der Waals surface area contributed by atoms with Crippen molar-refractivity contribution in [3.63, 3.8) is 0 Å². The van der Waals surface area contributed by atoms with Crippen LogP contribution in [0.4, 0.5) is 0 Å². The molecule has 1 aromatic carbocycles. The molecule has 0 bridgehead atoms. The van der Waals surface area contributed by atoms with Gasteiger partial charge in [-0.2, -0.15) is 0 Å². The Morgan fingerprint density at radius 2 is 1.77 bits per heavy atom. The van der Waals surface area contributed by atoms with Crippen molar-refractivity contribution < 1.29 is 9.53 Å². The van der Waals surface area contributed by atoms with E-state index in [4.69, 9.17) is 4.74 Å². The van der Waals surface area contributed by atoms with Crippen LogP contribution in [0, 0.1) is 5.92 Å². The minimum atomic E-state index is -0.246. The van der Waals surface area contributed by atoms with Crippen molar-refractivity contribution in [2.45, 2.75) is 84.7 Å². The van der Waals surface area contributed by atoms with Gasteiger partial charge in [0.15, 0.2) is 17.1 Å². The van der Waals surface area contributed by atoms with Gasteiger partial charge in [-0.1, -0.05) is 58.5 Å². The predicted octanol–water partition coefficient (Wildman–Crippen LogP) is 5.20. The van der Waals surface area contributed by atoms with Gasteiger partial charge in [-0.3, -0.25) is 4.79 Å². The second-order valence-electron chi connectivity index (χ2n) is 8.49. The average Bonchev–Trinajstić information content (AvgIpc) is 3.08. The number of ether oxygens (including phenoxy) is 1. The molecule has 0 saturated heterocycles. The summed E-state index contributed by atoms with van der Waals surface area (Å²) in [5, 5.41) is 12.5. The van der Waals surface area contributed by atoms with Crippen LogP contribution in [0.15, 0.2) is 29.4 Å². The Balaban J connectivity index is 2.11. The molecule has 1 amide bonds. The number of carbonyl (C=O) groups is 1. The summed E-state index contributed by atoms with van der Waals surface area (Å²) in [6, 6.07) is 8.39. The van der Waals surface area contributed by atoms with Crippen LogP contribution in [0.3, 0.4) is 0 Å². The number of nitrogens with zero attached hydrogens (tertiary/aromatic N) is 3. The van der Waals surface area contributed by atoms with Crippen molar-refractivity contribution in [3.05, 3.63) is 35.7 Å². The predicted molar refractivity (Wildman–Crippen MR) is 123 cm³/mol. The number of rotatable bonds is 11. The SMILES string of the molecule is CCC(C)NC(=O)CSc1nnc(C(C)Oc2ccc(C(C)C)cc2)n1CC(C)C. The first-order chi connectivity index (χ1) is 14.2. The summed E-state index contributed by atoms with van der Waals surface area (Å²) >= 11 is 1.42. The largest absolute Gasteiger partial charge is 0.483 e. The highest BCUT2D eigenvalue weighted by molar-refractivity contribution is 7.99. The number of hydrogen-bond acceptors (Lipinski definition) is 5. The zero-order valence-corrected chi connectivity index (χ0v) is 20.1. The minimum Gasteiger partial charge on any atom is -0.483 e. The highest BCUT2D eigenvalue weighted by Gasteiger charge is 2.21. The maximum absolute atomic E-state index is 12.2. The summed E-state index contributed by atoms with van der Waals surface area (Å²) < 4.78 is 8.23. The molecule has 166 valence electrons. The molecule has 0 radical (unpaired) electrons. The topological polar surface area (TPSA) is 69.0 Å². The number of benzene rings is 1. The maximum Gasteiger partial charge on any atom is 0.230 e. The van der Waals surface area contributed by atoms with Gasteiger partial charge in [-0.05, 0) is 49.8 Å². The van der Waals surface area contributed by atoms with Crippen LogP contribution >= 0.6 is 11.8 Å². The molecular formula is C23H36N4O2S. The Morgan fingerprint density at radius 3 is 2.33 bits per heavy atom. The third kappa shape index (κ3) is 7.04. The quantitative estimate of drug-likeness (QED) is 0.494. The summed E-state index contributed by atoms with van der Waals surface area (Å²) in [5.74, 6) is 2.85. The molecule has 2 rings (SSSR count). The Labute approximate surface area is 185 Å². The Morgan fingerprint density at radius 1 is 1.10 bits per heavy atom. The van der Waals surface area contributed by atoms with Crippen molar-refractivity contribution in [3.8, 4) is 5.75 Å². The van der Waals surface area contributed by atoms with E-state index in [-0.39, 0.29) is 18.1 Å². The van der Waals surface area contributed by atoms with E-state index in [2.05, 4.69) is 66.8 Å². The summed E-state index contributed by atoms with van der Waals surface area (Å²) in [6.07, 6.45) is 0.668. The van der Waals surface area contributed by atoms with E-state index >= 15 is 0 Å². The molecule has 2 aromatic rings. The van der Waals surface area contributed by atoms with Gasteiger partial charge in [0.25, 0.3) is 0 Å². The van der Waals surface area contributed by atoms with Crippen molar-refractivity contribution >= 4 is 17.7 Å². The average molecular weight is 433 g/mol. The van der Waals surface area contributed by atoms with Crippen molar-refractivity contribution in [1.29, 1.82) is 0 Å². The molecule has 0 aliphatic rings. The van der Waals surface area contributed by atoms with Crippen LogP contribution in [-0.2, 0) is 11.3 Å². The first-order valence-corrected chi connectivity index (χ1v) is 11.8. The lowest BCUT2D eigenvalue weighted by Crippen LogP contribution is -2.33. The van der Waals surface area contributed by atoms with Gasteiger partial charge in [0.2, 0.25) is 5.91 Å². The second kappa shape index (κ2) is 11.4. The first kappa shape index (κ1) is 24.3. The maximum atomic E-state index is 12.2. The van der Waals surface area contributed by atoms with Crippen LogP contribution < -0.4 is 10.1 Å². The molecule has 6 nitrogen and oxygen atoms in total. The van der Waals surface area contributed by atoms with Gasteiger partial charge < -0.3 is 14.6 Å². The van der Waals surface area contributed by atoms with E-state index in [0.717, 1.165) is 29.7 Å². The fourth-order valence-electron chi connectivity index (χ4n) is 2.98. The van der Waals surface area contributed by atoms with Gasteiger partial charge >= 0.3 is 0 Å². The number of aromatic nitrogens is 3. The molecule has 1 N–H and O–H groups in total. The normalized spacial score (nSPS) is 13.5. The summed E-state index contributed by atoms with van der Waals surface area (Å²) in [6.45, 7) is 15.5. The lowest BCUT2D eigenvalue weighted by atomic mass is 10.0.